The third-order valence-electron chi connectivity index (χ3n) is 2.09. The SMILES string of the molecule is Cn1cc(OCCc2ccncc2)cn1. The predicted molar refractivity (Wildman–Crippen MR) is 56.6 cm³/mol. The van der Waals surface area contributed by atoms with Crippen LogP contribution in [0.25, 0.3) is 0 Å². The summed E-state index contributed by atoms with van der Waals surface area (Å²) in [6.45, 7) is 0.662. The Morgan fingerprint density at radius 2 is 2.13 bits per heavy atom. The Labute approximate surface area is 88.5 Å². The molecule has 2 aromatic rings. The molecule has 0 aliphatic rings. The van der Waals surface area contributed by atoms with Gasteiger partial charge in [0.1, 0.15) is 0 Å². The molecule has 78 valence electrons. The van der Waals surface area contributed by atoms with Crippen LogP contribution in [0.2, 0.25) is 0 Å². The molecule has 0 unspecified atom stereocenters. The fourth-order valence-electron chi connectivity index (χ4n) is 1.31. The second kappa shape index (κ2) is 4.59. The van der Waals surface area contributed by atoms with Gasteiger partial charge in [0.05, 0.1) is 19.0 Å². The van der Waals surface area contributed by atoms with Crippen molar-refractivity contribution >= 4 is 0 Å². The van der Waals surface area contributed by atoms with E-state index in [2.05, 4.69) is 10.1 Å². The first-order chi connectivity index (χ1) is 7.34. The lowest BCUT2D eigenvalue weighted by atomic mass is 10.2. The molecule has 0 bridgehead atoms. The Kier molecular flexibility index (Phi) is 2.97. The number of hydrogen-bond acceptors (Lipinski definition) is 3. The molecule has 0 spiro atoms. The van der Waals surface area contributed by atoms with Crippen LogP contribution in [0.15, 0.2) is 36.9 Å². The number of pyridine rings is 1. The van der Waals surface area contributed by atoms with Gasteiger partial charge in [-0.05, 0) is 17.7 Å². The fourth-order valence-corrected chi connectivity index (χ4v) is 1.31. The van der Waals surface area contributed by atoms with Gasteiger partial charge < -0.3 is 4.74 Å². The summed E-state index contributed by atoms with van der Waals surface area (Å²) in [5, 5.41) is 4.02. The Bertz CT molecular complexity index is 411. The van der Waals surface area contributed by atoms with E-state index in [4.69, 9.17) is 4.74 Å². The van der Waals surface area contributed by atoms with Crippen LogP contribution in [0.4, 0.5) is 0 Å². The maximum atomic E-state index is 5.53. The first-order valence-electron chi connectivity index (χ1n) is 4.85. The van der Waals surface area contributed by atoms with E-state index in [-0.39, 0.29) is 0 Å². The molecule has 0 aliphatic heterocycles. The highest BCUT2D eigenvalue weighted by Gasteiger charge is 1.97. The molecule has 0 aliphatic carbocycles. The molecule has 4 heteroatoms. The Balaban J connectivity index is 1.80. The first kappa shape index (κ1) is 9.71. The van der Waals surface area contributed by atoms with Crippen molar-refractivity contribution in [3.8, 4) is 5.75 Å². The van der Waals surface area contributed by atoms with Gasteiger partial charge in [0.15, 0.2) is 5.75 Å². The maximum Gasteiger partial charge on any atom is 0.157 e. The van der Waals surface area contributed by atoms with Crippen molar-refractivity contribution in [1.82, 2.24) is 14.8 Å². The van der Waals surface area contributed by atoms with Gasteiger partial charge in [-0.2, -0.15) is 5.10 Å². The predicted octanol–water partition coefficient (Wildman–Crippen LogP) is 1.44. The molecule has 0 aromatic carbocycles. The van der Waals surface area contributed by atoms with Gasteiger partial charge in [-0.3, -0.25) is 9.67 Å². The van der Waals surface area contributed by atoms with E-state index < -0.39 is 0 Å². The zero-order chi connectivity index (χ0) is 10.5. The summed E-state index contributed by atoms with van der Waals surface area (Å²) in [7, 11) is 1.87. The molecular weight excluding hydrogens is 190 g/mol. The van der Waals surface area contributed by atoms with E-state index in [1.807, 2.05) is 25.4 Å². The van der Waals surface area contributed by atoms with Crippen LogP contribution in [-0.4, -0.2) is 21.4 Å². The van der Waals surface area contributed by atoms with E-state index in [9.17, 15) is 0 Å². The second-order valence-corrected chi connectivity index (χ2v) is 3.30. The highest BCUT2D eigenvalue weighted by Crippen LogP contribution is 2.07. The number of rotatable bonds is 4. The molecule has 0 fully saturated rings. The molecule has 2 aromatic heterocycles. The van der Waals surface area contributed by atoms with Gasteiger partial charge in [-0.25, -0.2) is 0 Å². The highest BCUT2D eigenvalue weighted by atomic mass is 16.5. The number of aromatic nitrogens is 3. The summed E-state index contributed by atoms with van der Waals surface area (Å²) in [6.07, 6.45) is 8.04. The van der Waals surface area contributed by atoms with E-state index in [0.717, 1.165) is 12.2 Å². The second-order valence-electron chi connectivity index (χ2n) is 3.30. The largest absolute Gasteiger partial charge is 0.490 e. The number of nitrogens with zero attached hydrogens (tertiary/aromatic N) is 3. The molecule has 0 saturated heterocycles. The molecule has 4 nitrogen and oxygen atoms in total. The molecule has 2 heterocycles. The van der Waals surface area contributed by atoms with Gasteiger partial charge in [0.25, 0.3) is 0 Å². The zero-order valence-corrected chi connectivity index (χ0v) is 8.63. The van der Waals surface area contributed by atoms with Crippen molar-refractivity contribution in [1.29, 1.82) is 0 Å². The van der Waals surface area contributed by atoms with Crippen molar-refractivity contribution in [2.75, 3.05) is 6.61 Å². The van der Waals surface area contributed by atoms with Crippen LogP contribution >= 0.6 is 0 Å². The quantitative estimate of drug-likeness (QED) is 0.754. The average molecular weight is 203 g/mol. The summed E-state index contributed by atoms with van der Waals surface area (Å²) < 4.78 is 7.25. The van der Waals surface area contributed by atoms with Crippen molar-refractivity contribution in [3.63, 3.8) is 0 Å². The van der Waals surface area contributed by atoms with E-state index >= 15 is 0 Å². The van der Waals surface area contributed by atoms with Crippen LogP contribution in [0.1, 0.15) is 5.56 Å². The minimum Gasteiger partial charge on any atom is -0.490 e. The molecule has 2 rings (SSSR count). The standard InChI is InChI=1S/C11H13N3O/c1-14-9-11(8-13-14)15-7-4-10-2-5-12-6-3-10/h2-3,5-6,8-9H,4,7H2,1H3. The van der Waals surface area contributed by atoms with Crippen LogP contribution in [0.3, 0.4) is 0 Å². The Morgan fingerprint density at radius 1 is 1.33 bits per heavy atom. The molecule has 0 N–H and O–H groups in total. The number of ether oxygens (including phenoxy) is 1. The van der Waals surface area contributed by atoms with Crippen LogP contribution < -0.4 is 4.74 Å². The van der Waals surface area contributed by atoms with E-state index in [0.29, 0.717) is 6.61 Å². The first-order valence-corrected chi connectivity index (χ1v) is 4.85. The van der Waals surface area contributed by atoms with Gasteiger partial charge in [0, 0.05) is 25.9 Å². The van der Waals surface area contributed by atoms with Crippen molar-refractivity contribution in [2.45, 2.75) is 6.42 Å². The van der Waals surface area contributed by atoms with E-state index in [1.54, 1.807) is 23.3 Å². The van der Waals surface area contributed by atoms with E-state index in [1.165, 1.54) is 5.56 Å². The summed E-state index contributed by atoms with van der Waals surface area (Å²) in [6, 6.07) is 3.99. The number of hydrogen-bond donors (Lipinski definition) is 0. The van der Waals surface area contributed by atoms with Gasteiger partial charge in [-0.1, -0.05) is 0 Å². The minimum atomic E-state index is 0.662. The molecule has 0 saturated carbocycles. The van der Waals surface area contributed by atoms with Gasteiger partial charge >= 0.3 is 0 Å². The van der Waals surface area contributed by atoms with Crippen LogP contribution in [0, 0.1) is 0 Å². The van der Waals surface area contributed by atoms with Crippen molar-refractivity contribution in [2.24, 2.45) is 7.05 Å². The molecular formula is C11H13N3O. The maximum absolute atomic E-state index is 5.53. The lowest BCUT2D eigenvalue weighted by Gasteiger charge is -2.02. The summed E-state index contributed by atoms with van der Waals surface area (Å²) in [5.74, 6) is 0.812. The third kappa shape index (κ3) is 2.80. The van der Waals surface area contributed by atoms with Crippen LogP contribution in [0.5, 0.6) is 5.75 Å². The average Bonchev–Trinajstić information content (AvgIpc) is 2.66. The lowest BCUT2D eigenvalue weighted by Crippen LogP contribution is -2.00. The molecule has 0 radical (unpaired) electrons. The minimum absolute atomic E-state index is 0.662. The summed E-state index contributed by atoms with van der Waals surface area (Å²) in [4.78, 5) is 3.96. The third-order valence-corrected chi connectivity index (χ3v) is 2.09. The molecule has 0 amide bonds. The molecule has 15 heavy (non-hydrogen) atoms. The normalized spacial score (nSPS) is 10.2. The lowest BCUT2D eigenvalue weighted by molar-refractivity contribution is 0.321. The van der Waals surface area contributed by atoms with Crippen molar-refractivity contribution < 1.29 is 4.74 Å². The Hall–Kier alpha value is -1.84. The van der Waals surface area contributed by atoms with Gasteiger partial charge in [-0.15, -0.1) is 0 Å². The summed E-state index contributed by atoms with van der Waals surface area (Å²) in [5.41, 5.74) is 1.23. The fraction of sp³-hybridized carbons (Fsp3) is 0.273. The molecule has 0 atom stereocenters. The Morgan fingerprint density at radius 3 is 2.80 bits per heavy atom. The number of aryl methyl sites for hydroxylation is 1. The topological polar surface area (TPSA) is 39.9 Å². The van der Waals surface area contributed by atoms with Crippen LogP contribution in [-0.2, 0) is 13.5 Å². The smallest absolute Gasteiger partial charge is 0.157 e. The van der Waals surface area contributed by atoms with Crippen molar-refractivity contribution in [3.05, 3.63) is 42.5 Å². The zero-order valence-electron chi connectivity index (χ0n) is 8.63. The highest BCUT2D eigenvalue weighted by molar-refractivity contribution is 5.13. The summed E-state index contributed by atoms with van der Waals surface area (Å²) >= 11 is 0. The monoisotopic (exact) mass is 203 g/mol. The van der Waals surface area contributed by atoms with Gasteiger partial charge in [0.2, 0.25) is 0 Å².